The molecular weight excluding hydrogens is 286 g/mol. The Balaban J connectivity index is 2.74. The Morgan fingerprint density at radius 3 is 2.32 bits per heavy atom. The van der Waals surface area contributed by atoms with Crippen molar-refractivity contribution in [2.75, 3.05) is 6.61 Å². The van der Waals surface area contributed by atoms with Crippen molar-refractivity contribution in [3.63, 3.8) is 0 Å². The topological polar surface area (TPSA) is 84.9 Å². The number of amides is 1. The molecule has 2 atom stereocenters. The summed E-state index contributed by atoms with van der Waals surface area (Å²) in [6.07, 6.45) is 3.24. The molecule has 1 fully saturated rings. The fourth-order valence-corrected chi connectivity index (χ4v) is 2.70. The first kappa shape index (κ1) is 18.7. The van der Waals surface area contributed by atoms with Crippen molar-refractivity contribution >= 4 is 12.1 Å². The molecule has 0 aromatic carbocycles. The number of alkyl carbamates (subject to hydrolysis) is 1. The number of hydrogen-bond donors (Lipinski definition) is 2. The number of carbonyl (C=O) groups is 2. The van der Waals surface area contributed by atoms with Crippen LogP contribution in [-0.4, -0.2) is 41.5 Å². The second kappa shape index (κ2) is 8.36. The molecule has 1 rings (SSSR count). The zero-order valence-corrected chi connectivity index (χ0v) is 14.1. The second-order valence-electron chi connectivity index (χ2n) is 6.76. The minimum Gasteiger partial charge on any atom is -0.464 e. The Morgan fingerprint density at radius 1 is 1.23 bits per heavy atom. The van der Waals surface area contributed by atoms with Gasteiger partial charge in [0.1, 0.15) is 5.60 Å². The molecule has 0 bridgehead atoms. The van der Waals surface area contributed by atoms with Gasteiger partial charge in [0.2, 0.25) is 0 Å². The lowest BCUT2D eigenvalue weighted by atomic mass is 9.82. The number of rotatable bonds is 5. The highest BCUT2D eigenvalue weighted by molar-refractivity contribution is 5.82. The van der Waals surface area contributed by atoms with Gasteiger partial charge in [-0.15, -0.1) is 0 Å². The van der Waals surface area contributed by atoms with Gasteiger partial charge in [0, 0.05) is 0 Å². The fraction of sp³-hybridized carbons (Fsp3) is 0.875. The van der Waals surface area contributed by atoms with Gasteiger partial charge in [-0.2, -0.15) is 0 Å². The highest BCUT2D eigenvalue weighted by Crippen LogP contribution is 2.28. The monoisotopic (exact) mass is 315 g/mol. The normalized spacial score (nSPS) is 19.1. The van der Waals surface area contributed by atoms with Crippen LogP contribution in [0.1, 0.15) is 59.8 Å². The molecule has 2 N–H and O–H groups in total. The first-order valence-electron chi connectivity index (χ1n) is 8.09. The lowest BCUT2D eigenvalue weighted by molar-refractivity contribution is -0.150. The average Bonchev–Trinajstić information content (AvgIpc) is 2.43. The summed E-state index contributed by atoms with van der Waals surface area (Å²) in [5.74, 6) is -0.621. The quantitative estimate of drug-likeness (QED) is 0.761. The van der Waals surface area contributed by atoms with Crippen LogP contribution < -0.4 is 5.32 Å². The van der Waals surface area contributed by atoms with Gasteiger partial charge in [-0.25, -0.2) is 9.59 Å². The number of ether oxygens (including phenoxy) is 2. The van der Waals surface area contributed by atoms with Crippen molar-refractivity contribution in [3.8, 4) is 0 Å². The van der Waals surface area contributed by atoms with Crippen LogP contribution in [0.4, 0.5) is 4.79 Å². The van der Waals surface area contributed by atoms with E-state index in [2.05, 4.69) is 5.32 Å². The highest BCUT2D eigenvalue weighted by atomic mass is 16.6. The smallest absolute Gasteiger partial charge is 0.408 e. The Labute approximate surface area is 132 Å². The number of aliphatic hydroxyl groups is 1. The molecule has 0 saturated heterocycles. The van der Waals surface area contributed by atoms with Gasteiger partial charge < -0.3 is 19.9 Å². The molecule has 0 radical (unpaired) electrons. The van der Waals surface area contributed by atoms with Crippen LogP contribution >= 0.6 is 0 Å². The molecule has 0 aromatic heterocycles. The molecule has 6 nitrogen and oxygen atoms in total. The van der Waals surface area contributed by atoms with Crippen molar-refractivity contribution in [3.05, 3.63) is 0 Å². The van der Waals surface area contributed by atoms with Gasteiger partial charge in [0.25, 0.3) is 0 Å². The summed E-state index contributed by atoms with van der Waals surface area (Å²) < 4.78 is 10.1. The Hall–Kier alpha value is -1.30. The third-order valence-corrected chi connectivity index (χ3v) is 3.69. The van der Waals surface area contributed by atoms with Crippen LogP contribution in [0.2, 0.25) is 0 Å². The summed E-state index contributed by atoms with van der Waals surface area (Å²) >= 11 is 0. The molecule has 0 spiro atoms. The third-order valence-electron chi connectivity index (χ3n) is 3.69. The predicted molar refractivity (Wildman–Crippen MR) is 82.4 cm³/mol. The second-order valence-corrected chi connectivity index (χ2v) is 6.76. The average molecular weight is 315 g/mol. The fourth-order valence-electron chi connectivity index (χ4n) is 2.70. The van der Waals surface area contributed by atoms with E-state index >= 15 is 0 Å². The maximum absolute atomic E-state index is 12.1. The van der Waals surface area contributed by atoms with Crippen LogP contribution in [-0.2, 0) is 14.3 Å². The van der Waals surface area contributed by atoms with E-state index in [-0.39, 0.29) is 12.5 Å². The van der Waals surface area contributed by atoms with Crippen molar-refractivity contribution in [2.24, 2.45) is 5.92 Å². The molecule has 1 amide bonds. The molecule has 0 aromatic rings. The summed E-state index contributed by atoms with van der Waals surface area (Å²) in [5, 5.41) is 13.0. The van der Waals surface area contributed by atoms with Gasteiger partial charge in [-0.3, -0.25) is 0 Å². The zero-order valence-electron chi connectivity index (χ0n) is 14.1. The Morgan fingerprint density at radius 2 is 1.82 bits per heavy atom. The minimum absolute atomic E-state index is 0.00177. The molecule has 1 aliphatic carbocycles. The SMILES string of the molecule is CCOC(=O)[C@@H](NC(=O)OC(C)(C)C)[C@@H](O)C1CCCCC1. The zero-order chi connectivity index (χ0) is 16.8. The van der Waals surface area contributed by atoms with E-state index in [0.717, 1.165) is 32.1 Å². The van der Waals surface area contributed by atoms with Crippen LogP contribution in [0.15, 0.2) is 0 Å². The van der Waals surface area contributed by atoms with Crippen LogP contribution in [0, 0.1) is 5.92 Å². The maximum Gasteiger partial charge on any atom is 0.408 e. The van der Waals surface area contributed by atoms with Gasteiger partial charge >= 0.3 is 12.1 Å². The highest BCUT2D eigenvalue weighted by Gasteiger charge is 2.36. The van der Waals surface area contributed by atoms with Crippen molar-refractivity contribution < 1.29 is 24.2 Å². The molecule has 128 valence electrons. The number of carbonyl (C=O) groups excluding carboxylic acids is 2. The van der Waals surface area contributed by atoms with Gasteiger partial charge in [0.15, 0.2) is 6.04 Å². The summed E-state index contributed by atoms with van der Waals surface area (Å²) in [5.41, 5.74) is -0.668. The van der Waals surface area contributed by atoms with Gasteiger partial charge in [-0.05, 0) is 46.5 Å². The molecule has 0 unspecified atom stereocenters. The predicted octanol–water partition coefficient (Wildman–Crippen LogP) is 2.38. The number of hydrogen-bond acceptors (Lipinski definition) is 5. The first-order chi connectivity index (χ1) is 10.2. The summed E-state index contributed by atoms with van der Waals surface area (Å²) in [6.45, 7) is 7.11. The van der Waals surface area contributed by atoms with Crippen molar-refractivity contribution in [2.45, 2.75) is 77.5 Å². The molecule has 1 saturated carbocycles. The van der Waals surface area contributed by atoms with Gasteiger partial charge in [0.05, 0.1) is 12.7 Å². The van der Waals surface area contributed by atoms with E-state index in [1.807, 2.05) is 0 Å². The van der Waals surface area contributed by atoms with Crippen LogP contribution in [0.5, 0.6) is 0 Å². The maximum atomic E-state index is 12.1. The van der Waals surface area contributed by atoms with E-state index < -0.39 is 29.8 Å². The Kier molecular flexibility index (Phi) is 7.13. The van der Waals surface area contributed by atoms with E-state index in [9.17, 15) is 14.7 Å². The van der Waals surface area contributed by atoms with Crippen LogP contribution in [0.25, 0.3) is 0 Å². The third kappa shape index (κ3) is 6.22. The molecule has 0 aliphatic heterocycles. The summed E-state index contributed by atoms with van der Waals surface area (Å²) in [6, 6.07) is -1.09. The molecule has 0 heterocycles. The lowest BCUT2D eigenvalue weighted by Crippen LogP contribution is -2.53. The molecule has 22 heavy (non-hydrogen) atoms. The Bertz CT molecular complexity index is 371. The molecule has 6 heteroatoms. The number of esters is 1. The van der Waals surface area contributed by atoms with E-state index in [1.165, 1.54) is 0 Å². The molecule has 1 aliphatic rings. The van der Waals surface area contributed by atoms with E-state index in [1.54, 1.807) is 27.7 Å². The number of nitrogens with one attached hydrogen (secondary N) is 1. The molecular formula is C16H29NO5. The van der Waals surface area contributed by atoms with Crippen molar-refractivity contribution in [1.29, 1.82) is 0 Å². The van der Waals surface area contributed by atoms with Crippen LogP contribution in [0.3, 0.4) is 0 Å². The first-order valence-corrected chi connectivity index (χ1v) is 8.09. The van der Waals surface area contributed by atoms with E-state index in [4.69, 9.17) is 9.47 Å². The van der Waals surface area contributed by atoms with Crippen molar-refractivity contribution in [1.82, 2.24) is 5.32 Å². The largest absolute Gasteiger partial charge is 0.464 e. The standard InChI is InChI=1S/C16H29NO5/c1-5-21-14(19)12(17-15(20)22-16(2,3)4)13(18)11-9-7-6-8-10-11/h11-13,18H,5-10H2,1-4H3,(H,17,20)/t12-,13-/m0/s1. The minimum atomic E-state index is -1.09. The number of aliphatic hydroxyl groups excluding tert-OH is 1. The van der Waals surface area contributed by atoms with Gasteiger partial charge in [-0.1, -0.05) is 19.3 Å². The van der Waals surface area contributed by atoms with E-state index in [0.29, 0.717) is 0 Å². The summed E-state index contributed by atoms with van der Waals surface area (Å²) in [7, 11) is 0. The summed E-state index contributed by atoms with van der Waals surface area (Å²) in [4.78, 5) is 24.0. The lowest BCUT2D eigenvalue weighted by Gasteiger charge is -2.32.